The van der Waals surface area contributed by atoms with Gasteiger partial charge in [-0.15, -0.1) is 0 Å². The summed E-state index contributed by atoms with van der Waals surface area (Å²) in [7, 11) is 5.06. The summed E-state index contributed by atoms with van der Waals surface area (Å²) < 4.78 is 12.3. The van der Waals surface area contributed by atoms with Crippen molar-refractivity contribution in [3.05, 3.63) is 42.2 Å². The summed E-state index contributed by atoms with van der Waals surface area (Å²) in [5.74, 6) is 1.15. The zero-order chi connectivity index (χ0) is 14.5. The minimum absolute atomic E-state index is 0.0663. The number of hydrogen-bond donors (Lipinski definition) is 1. The number of benzene rings is 1. The van der Waals surface area contributed by atoms with Gasteiger partial charge in [-0.1, -0.05) is 0 Å². The van der Waals surface area contributed by atoms with Gasteiger partial charge in [-0.25, -0.2) is 0 Å². The molecule has 2 aromatic rings. The van der Waals surface area contributed by atoms with Gasteiger partial charge in [0, 0.05) is 31.2 Å². The first-order chi connectivity index (χ1) is 9.62. The Balaban J connectivity index is 2.04. The number of ether oxygens (including phenoxy) is 2. The molecule has 1 aromatic heterocycles. The van der Waals surface area contributed by atoms with Crippen LogP contribution in [0.15, 0.2) is 36.7 Å². The topological polar surface area (TPSA) is 52.5 Å². The smallest absolute Gasteiger partial charge is 0.228 e. The highest BCUT2D eigenvalue weighted by atomic mass is 16.5. The molecule has 1 heterocycles. The number of aromatic nitrogens is 1. The quantitative estimate of drug-likeness (QED) is 0.909. The van der Waals surface area contributed by atoms with E-state index in [1.54, 1.807) is 32.4 Å². The van der Waals surface area contributed by atoms with Gasteiger partial charge in [0.1, 0.15) is 0 Å². The summed E-state index contributed by atoms with van der Waals surface area (Å²) in [6, 6.07) is 7.21. The van der Waals surface area contributed by atoms with Crippen LogP contribution in [0.3, 0.4) is 0 Å². The molecule has 0 aliphatic heterocycles. The van der Waals surface area contributed by atoms with Gasteiger partial charge in [0.2, 0.25) is 5.91 Å². The standard InChI is InChI=1S/C15H18N2O3/c1-17-7-6-11(10-17)8-15(18)16-12-4-5-13(19-2)14(9-12)20-3/h4-7,9-10H,8H2,1-3H3,(H,16,18). The molecule has 5 nitrogen and oxygen atoms in total. The highest BCUT2D eigenvalue weighted by Gasteiger charge is 2.08. The van der Waals surface area contributed by atoms with E-state index < -0.39 is 0 Å². The Morgan fingerprint density at radius 3 is 2.55 bits per heavy atom. The Morgan fingerprint density at radius 2 is 1.95 bits per heavy atom. The molecule has 0 saturated carbocycles. The molecule has 106 valence electrons. The molecule has 0 bridgehead atoms. The zero-order valence-corrected chi connectivity index (χ0v) is 11.8. The number of rotatable bonds is 5. The zero-order valence-electron chi connectivity index (χ0n) is 11.8. The average Bonchev–Trinajstić information content (AvgIpc) is 2.83. The lowest BCUT2D eigenvalue weighted by molar-refractivity contribution is -0.115. The highest BCUT2D eigenvalue weighted by molar-refractivity contribution is 5.92. The Labute approximate surface area is 118 Å². The Morgan fingerprint density at radius 1 is 1.20 bits per heavy atom. The largest absolute Gasteiger partial charge is 0.493 e. The maximum absolute atomic E-state index is 12.0. The third-order valence-electron chi connectivity index (χ3n) is 2.93. The molecular formula is C15H18N2O3. The molecule has 0 saturated heterocycles. The fourth-order valence-electron chi connectivity index (χ4n) is 1.97. The second-order valence-corrected chi connectivity index (χ2v) is 4.48. The predicted molar refractivity (Wildman–Crippen MR) is 77.3 cm³/mol. The molecule has 2 rings (SSSR count). The molecular weight excluding hydrogens is 256 g/mol. The molecule has 0 fully saturated rings. The fraction of sp³-hybridized carbons (Fsp3) is 0.267. The van der Waals surface area contributed by atoms with E-state index in [2.05, 4.69) is 5.32 Å². The van der Waals surface area contributed by atoms with E-state index in [4.69, 9.17) is 9.47 Å². The van der Waals surface area contributed by atoms with E-state index in [9.17, 15) is 4.79 Å². The van der Waals surface area contributed by atoms with Crippen LogP contribution in [0.2, 0.25) is 0 Å². The first-order valence-corrected chi connectivity index (χ1v) is 6.25. The van der Waals surface area contributed by atoms with Crippen molar-refractivity contribution in [2.75, 3.05) is 19.5 Å². The number of carbonyl (C=O) groups excluding carboxylic acids is 1. The summed E-state index contributed by atoms with van der Waals surface area (Å²) in [5, 5.41) is 2.84. The fourth-order valence-corrected chi connectivity index (χ4v) is 1.97. The van der Waals surface area contributed by atoms with E-state index in [1.807, 2.05) is 30.1 Å². The van der Waals surface area contributed by atoms with Crippen LogP contribution in [-0.4, -0.2) is 24.7 Å². The van der Waals surface area contributed by atoms with Crippen LogP contribution in [0, 0.1) is 0 Å². The first-order valence-electron chi connectivity index (χ1n) is 6.25. The van der Waals surface area contributed by atoms with E-state index >= 15 is 0 Å². The van der Waals surface area contributed by atoms with Crippen LogP contribution in [0.5, 0.6) is 11.5 Å². The SMILES string of the molecule is COc1ccc(NC(=O)Cc2ccn(C)c2)cc1OC. The van der Waals surface area contributed by atoms with Crippen LogP contribution in [0.1, 0.15) is 5.56 Å². The van der Waals surface area contributed by atoms with Gasteiger partial charge < -0.3 is 19.4 Å². The number of amides is 1. The average molecular weight is 274 g/mol. The Bertz CT molecular complexity index is 605. The second-order valence-electron chi connectivity index (χ2n) is 4.48. The Kier molecular flexibility index (Phi) is 4.30. The van der Waals surface area contributed by atoms with Crippen molar-refractivity contribution in [1.82, 2.24) is 4.57 Å². The van der Waals surface area contributed by atoms with Crippen LogP contribution < -0.4 is 14.8 Å². The maximum atomic E-state index is 12.0. The van der Waals surface area contributed by atoms with Gasteiger partial charge in [0.15, 0.2) is 11.5 Å². The van der Waals surface area contributed by atoms with E-state index in [0.717, 1.165) is 5.56 Å². The number of carbonyl (C=O) groups is 1. The molecule has 0 spiro atoms. The van der Waals surface area contributed by atoms with Crippen molar-refractivity contribution in [2.24, 2.45) is 7.05 Å². The van der Waals surface area contributed by atoms with Gasteiger partial charge in [-0.3, -0.25) is 4.79 Å². The predicted octanol–water partition coefficient (Wildman–Crippen LogP) is 2.22. The van der Waals surface area contributed by atoms with Crippen molar-refractivity contribution in [3.8, 4) is 11.5 Å². The minimum atomic E-state index is -0.0663. The summed E-state index contributed by atoms with van der Waals surface area (Å²) >= 11 is 0. The van der Waals surface area contributed by atoms with Crippen molar-refractivity contribution in [1.29, 1.82) is 0 Å². The lowest BCUT2D eigenvalue weighted by Crippen LogP contribution is -2.14. The van der Waals surface area contributed by atoms with Gasteiger partial charge in [0.05, 0.1) is 20.6 Å². The molecule has 1 N–H and O–H groups in total. The number of aryl methyl sites for hydroxylation is 1. The number of nitrogens with one attached hydrogen (secondary N) is 1. The second kappa shape index (κ2) is 6.14. The summed E-state index contributed by atoms with van der Waals surface area (Å²) in [4.78, 5) is 12.0. The third-order valence-corrected chi connectivity index (χ3v) is 2.93. The van der Waals surface area contributed by atoms with Gasteiger partial charge in [-0.2, -0.15) is 0 Å². The molecule has 0 aliphatic rings. The van der Waals surface area contributed by atoms with Crippen molar-refractivity contribution in [2.45, 2.75) is 6.42 Å². The monoisotopic (exact) mass is 274 g/mol. The van der Waals surface area contributed by atoms with Gasteiger partial charge >= 0.3 is 0 Å². The van der Waals surface area contributed by atoms with Crippen LogP contribution in [0.4, 0.5) is 5.69 Å². The highest BCUT2D eigenvalue weighted by Crippen LogP contribution is 2.29. The lowest BCUT2D eigenvalue weighted by atomic mass is 10.2. The molecule has 0 atom stereocenters. The third kappa shape index (κ3) is 3.32. The van der Waals surface area contributed by atoms with Crippen molar-refractivity contribution < 1.29 is 14.3 Å². The van der Waals surface area contributed by atoms with Crippen LogP contribution in [0.25, 0.3) is 0 Å². The first kappa shape index (κ1) is 14.0. The van der Waals surface area contributed by atoms with Crippen molar-refractivity contribution >= 4 is 11.6 Å². The Hall–Kier alpha value is -2.43. The molecule has 20 heavy (non-hydrogen) atoms. The molecule has 1 amide bonds. The summed E-state index contributed by atoms with van der Waals surface area (Å²) in [6.45, 7) is 0. The summed E-state index contributed by atoms with van der Waals surface area (Å²) in [6.07, 6.45) is 4.18. The van der Waals surface area contributed by atoms with E-state index in [0.29, 0.717) is 23.6 Å². The van der Waals surface area contributed by atoms with E-state index in [1.165, 1.54) is 0 Å². The number of hydrogen-bond acceptors (Lipinski definition) is 3. The normalized spacial score (nSPS) is 10.2. The van der Waals surface area contributed by atoms with E-state index in [-0.39, 0.29) is 5.91 Å². The molecule has 0 aliphatic carbocycles. The summed E-state index contributed by atoms with van der Waals surface area (Å²) in [5.41, 5.74) is 1.66. The molecule has 5 heteroatoms. The number of methoxy groups -OCH3 is 2. The van der Waals surface area contributed by atoms with Crippen LogP contribution >= 0.6 is 0 Å². The van der Waals surface area contributed by atoms with Crippen LogP contribution in [-0.2, 0) is 18.3 Å². The molecule has 0 radical (unpaired) electrons. The van der Waals surface area contributed by atoms with Gasteiger partial charge in [-0.05, 0) is 23.8 Å². The number of nitrogens with zero attached hydrogens (tertiary/aromatic N) is 1. The van der Waals surface area contributed by atoms with Gasteiger partial charge in [0.25, 0.3) is 0 Å². The molecule has 1 aromatic carbocycles. The molecule has 0 unspecified atom stereocenters. The minimum Gasteiger partial charge on any atom is -0.493 e. The van der Waals surface area contributed by atoms with Crippen molar-refractivity contribution in [3.63, 3.8) is 0 Å². The number of anilines is 1. The lowest BCUT2D eigenvalue weighted by Gasteiger charge is -2.10. The maximum Gasteiger partial charge on any atom is 0.228 e.